The van der Waals surface area contributed by atoms with Crippen molar-refractivity contribution in [3.05, 3.63) is 58.9 Å². The van der Waals surface area contributed by atoms with Crippen molar-refractivity contribution >= 4 is 23.4 Å². The molecule has 0 bridgehead atoms. The van der Waals surface area contributed by atoms with Gasteiger partial charge in [-0.15, -0.1) is 0 Å². The predicted octanol–water partition coefficient (Wildman–Crippen LogP) is 2.39. The van der Waals surface area contributed by atoms with E-state index in [0.29, 0.717) is 16.5 Å². The van der Waals surface area contributed by atoms with Crippen LogP contribution in [0.3, 0.4) is 0 Å². The van der Waals surface area contributed by atoms with Crippen molar-refractivity contribution in [2.24, 2.45) is 0 Å². The van der Waals surface area contributed by atoms with Gasteiger partial charge in [0.05, 0.1) is 5.02 Å². The van der Waals surface area contributed by atoms with Crippen molar-refractivity contribution in [3.8, 4) is 11.5 Å². The molecule has 2 N–H and O–H groups in total. The normalized spacial score (nSPS) is 10.0. The number of hydrazine groups is 1. The Balaban J connectivity index is 1.69. The van der Waals surface area contributed by atoms with E-state index in [0.717, 1.165) is 5.56 Å². The fourth-order valence-electron chi connectivity index (χ4n) is 1.76. The van der Waals surface area contributed by atoms with Gasteiger partial charge in [-0.05, 0) is 48.9 Å². The summed E-state index contributed by atoms with van der Waals surface area (Å²) in [4.78, 5) is 23.2. The highest BCUT2D eigenvalue weighted by Gasteiger charge is 2.08. The van der Waals surface area contributed by atoms with Crippen LogP contribution in [0.2, 0.25) is 5.02 Å². The highest BCUT2D eigenvalue weighted by atomic mass is 35.5. The van der Waals surface area contributed by atoms with Crippen LogP contribution in [0.1, 0.15) is 5.56 Å². The van der Waals surface area contributed by atoms with Gasteiger partial charge < -0.3 is 9.47 Å². The number of rotatable bonds is 6. The van der Waals surface area contributed by atoms with Crippen LogP contribution in [0.15, 0.2) is 42.5 Å². The minimum Gasteiger partial charge on any atom is -0.484 e. The molecule has 2 aromatic rings. The van der Waals surface area contributed by atoms with Gasteiger partial charge in [-0.3, -0.25) is 20.4 Å². The second kappa shape index (κ2) is 8.89. The van der Waals surface area contributed by atoms with Crippen LogP contribution in [0.5, 0.6) is 11.5 Å². The summed E-state index contributed by atoms with van der Waals surface area (Å²) >= 11 is 5.95. The third kappa shape index (κ3) is 6.31. The highest BCUT2D eigenvalue weighted by Crippen LogP contribution is 2.24. The lowest BCUT2D eigenvalue weighted by Gasteiger charge is -2.10. The number of hydrogen-bond acceptors (Lipinski definition) is 4. The van der Waals surface area contributed by atoms with Crippen LogP contribution in [0.25, 0.3) is 0 Å². The van der Waals surface area contributed by atoms with E-state index in [-0.39, 0.29) is 13.2 Å². The first-order chi connectivity index (χ1) is 11.9. The Hall–Kier alpha value is -2.80. The van der Waals surface area contributed by atoms with Gasteiger partial charge in [-0.25, -0.2) is 4.39 Å². The molecule has 132 valence electrons. The van der Waals surface area contributed by atoms with Gasteiger partial charge in [0, 0.05) is 0 Å². The Morgan fingerprint density at radius 3 is 2.24 bits per heavy atom. The Bertz CT molecular complexity index is 753. The van der Waals surface area contributed by atoms with E-state index in [2.05, 4.69) is 10.9 Å². The first kappa shape index (κ1) is 18.5. The van der Waals surface area contributed by atoms with Crippen LogP contribution in [0, 0.1) is 12.7 Å². The average Bonchev–Trinajstić information content (AvgIpc) is 2.60. The van der Waals surface area contributed by atoms with Gasteiger partial charge in [0.2, 0.25) is 0 Å². The Morgan fingerprint density at radius 2 is 1.60 bits per heavy atom. The van der Waals surface area contributed by atoms with Gasteiger partial charge in [-0.1, -0.05) is 17.7 Å². The maximum Gasteiger partial charge on any atom is 0.276 e. The number of halogens is 2. The van der Waals surface area contributed by atoms with Gasteiger partial charge in [-0.2, -0.15) is 0 Å². The molecule has 2 amide bonds. The van der Waals surface area contributed by atoms with E-state index in [4.69, 9.17) is 21.1 Å². The number of amides is 2. The lowest BCUT2D eigenvalue weighted by atomic mass is 10.2. The maximum absolute atomic E-state index is 12.7. The molecule has 0 unspecified atom stereocenters. The minimum atomic E-state index is -0.578. The minimum absolute atomic E-state index is 0.317. The first-order valence-electron chi connectivity index (χ1n) is 7.29. The number of benzene rings is 2. The highest BCUT2D eigenvalue weighted by molar-refractivity contribution is 6.32. The lowest BCUT2D eigenvalue weighted by Crippen LogP contribution is -2.45. The molecule has 25 heavy (non-hydrogen) atoms. The van der Waals surface area contributed by atoms with Crippen LogP contribution in [0.4, 0.5) is 4.39 Å². The molecule has 0 saturated carbocycles. The van der Waals surface area contributed by atoms with E-state index in [1.165, 1.54) is 24.3 Å². The summed E-state index contributed by atoms with van der Waals surface area (Å²) in [6, 6.07) is 10.4. The Morgan fingerprint density at radius 1 is 1.00 bits per heavy atom. The zero-order valence-corrected chi connectivity index (χ0v) is 14.1. The summed E-state index contributed by atoms with van der Waals surface area (Å²) in [5, 5.41) is 0.384. The molecule has 0 aromatic heterocycles. The van der Waals surface area contributed by atoms with E-state index in [1.807, 2.05) is 13.0 Å². The van der Waals surface area contributed by atoms with Gasteiger partial charge >= 0.3 is 0 Å². The second-order valence-corrected chi connectivity index (χ2v) is 5.47. The third-order valence-corrected chi connectivity index (χ3v) is 3.28. The SMILES string of the molecule is Cc1ccc(Cl)c(OCC(=O)NNC(=O)COc2ccc(F)cc2)c1. The number of hydrogen-bond donors (Lipinski definition) is 2. The molecule has 0 aliphatic heterocycles. The zero-order valence-electron chi connectivity index (χ0n) is 13.3. The summed E-state index contributed by atoms with van der Waals surface area (Å²) < 4.78 is 23.2. The second-order valence-electron chi connectivity index (χ2n) is 5.06. The largest absolute Gasteiger partial charge is 0.484 e. The number of carbonyl (C=O) groups excluding carboxylic acids is 2. The summed E-state index contributed by atoms with van der Waals surface area (Å²) in [5.74, 6) is -0.833. The standard InChI is InChI=1S/C17H16ClFN2O4/c1-11-2-7-14(18)15(8-11)25-10-17(23)21-20-16(22)9-24-13-5-3-12(19)4-6-13/h2-8H,9-10H2,1H3,(H,20,22)(H,21,23). The zero-order chi connectivity index (χ0) is 18.2. The van der Waals surface area contributed by atoms with E-state index in [9.17, 15) is 14.0 Å². The number of aryl methyl sites for hydroxylation is 1. The molecule has 8 heteroatoms. The molecule has 2 aromatic carbocycles. The maximum atomic E-state index is 12.7. The predicted molar refractivity (Wildman–Crippen MR) is 89.9 cm³/mol. The molecular weight excluding hydrogens is 351 g/mol. The molecule has 0 saturated heterocycles. The molecule has 0 atom stereocenters. The fraction of sp³-hybridized carbons (Fsp3) is 0.176. The van der Waals surface area contributed by atoms with E-state index < -0.39 is 17.6 Å². The van der Waals surface area contributed by atoms with Crippen LogP contribution in [-0.2, 0) is 9.59 Å². The molecule has 0 aliphatic rings. The molecule has 0 fully saturated rings. The van der Waals surface area contributed by atoms with E-state index in [1.54, 1.807) is 12.1 Å². The van der Waals surface area contributed by atoms with Crippen molar-refractivity contribution in [1.82, 2.24) is 10.9 Å². The van der Waals surface area contributed by atoms with Crippen LogP contribution in [-0.4, -0.2) is 25.0 Å². The lowest BCUT2D eigenvalue weighted by molar-refractivity contribution is -0.131. The van der Waals surface area contributed by atoms with Gasteiger partial charge in [0.1, 0.15) is 17.3 Å². The molecule has 0 radical (unpaired) electrons. The van der Waals surface area contributed by atoms with Gasteiger partial charge in [0.15, 0.2) is 13.2 Å². The Labute approximate surface area is 148 Å². The molecule has 2 rings (SSSR count). The van der Waals surface area contributed by atoms with E-state index >= 15 is 0 Å². The molecule has 0 spiro atoms. The monoisotopic (exact) mass is 366 g/mol. The summed E-state index contributed by atoms with van der Waals surface area (Å²) in [6.45, 7) is 1.21. The van der Waals surface area contributed by atoms with Crippen LogP contribution < -0.4 is 20.3 Å². The number of nitrogens with one attached hydrogen (secondary N) is 2. The number of carbonyl (C=O) groups is 2. The quantitative estimate of drug-likeness (QED) is 0.770. The van der Waals surface area contributed by atoms with Crippen LogP contribution >= 0.6 is 11.6 Å². The van der Waals surface area contributed by atoms with Gasteiger partial charge in [0.25, 0.3) is 11.8 Å². The van der Waals surface area contributed by atoms with Crippen molar-refractivity contribution in [3.63, 3.8) is 0 Å². The van der Waals surface area contributed by atoms with Crippen molar-refractivity contribution < 1.29 is 23.5 Å². The van der Waals surface area contributed by atoms with Crippen molar-refractivity contribution in [2.45, 2.75) is 6.92 Å². The first-order valence-corrected chi connectivity index (χ1v) is 7.67. The van der Waals surface area contributed by atoms with Crippen molar-refractivity contribution in [2.75, 3.05) is 13.2 Å². The Kier molecular flexibility index (Phi) is 6.59. The molecule has 0 aliphatic carbocycles. The third-order valence-electron chi connectivity index (χ3n) is 2.97. The fourth-order valence-corrected chi connectivity index (χ4v) is 1.93. The summed E-state index contributed by atoms with van der Waals surface area (Å²) in [6.07, 6.45) is 0. The topological polar surface area (TPSA) is 76.7 Å². The smallest absolute Gasteiger partial charge is 0.276 e. The molecule has 6 nitrogen and oxygen atoms in total. The average molecular weight is 367 g/mol. The van der Waals surface area contributed by atoms with Crippen molar-refractivity contribution in [1.29, 1.82) is 0 Å². The summed E-state index contributed by atoms with van der Waals surface area (Å²) in [7, 11) is 0. The molecule has 0 heterocycles. The molecular formula is C17H16ClFN2O4. The number of ether oxygens (including phenoxy) is 2. The summed E-state index contributed by atoms with van der Waals surface area (Å²) in [5.41, 5.74) is 5.30.